The van der Waals surface area contributed by atoms with Crippen molar-refractivity contribution in [2.75, 3.05) is 24.2 Å². The van der Waals surface area contributed by atoms with Gasteiger partial charge >= 0.3 is 0 Å². The molecule has 9 heteroatoms. The summed E-state index contributed by atoms with van der Waals surface area (Å²) in [6.07, 6.45) is 0. The van der Waals surface area contributed by atoms with E-state index in [1.807, 2.05) is 31.2 Å². The lowest BCUT2D eigenvalue weighted by Crippen LogP contribution is -2.30. The van der Waals surface area contributed by atoms with Crippen LogP contribution >= 0.6 is 11.8 Å². The predicted molar refractivity (Wildman–Crippen MR) is 115 cm³/mol. The Labute approximate surface area is 174 Å². The number of nitrogens with zero attached hydrogens (tertiary/aromatic N) is 2. The van der Waals surface area contributed by atoms with Crippen LogP contribution in [-0.2, 0) is 14.8 Å². The first-order chi connectivity index (χ1) is 13.8. The molecule has 0 unspecified atom stereocenters. The number of aromatic nitrogens is 1. The molecule has 1 aromatic heterocycles. The number of amides is 1. The minimum atomic E-state index is -3.59. The van der Waals surface area contributed by atoms with Crippen molar-refractivity contribution in [3.05, 3.63) is 48.0 Å². The van der Waals surface area contributed by atoms with Gasteiger partial charge in [-0.1, -0.05) is 43.8 Å². The third kappa shape index (κ3) is 4.80. The molecular weight excluding hydrogens is 410 g/mol. The number of aryl methyl sites for hydroxylation is 1. The van der Waals surface area contributed by atoms with Gasteiger partial charge in [0.15, 0.2) is 5.58 Å². The Hall–Kier alpha value is -2.36. The number of sulfonamides is 1. The van der Waals surface area contributed by atoms with Crippen LogP contribution in [0.1, 0.15) is 19.4 Å². The summed E-state index contributed by atoms with van der Waals surface area (Å²) in [6.45, 7) is 6.17. The van der Waals surface area contributed by atoms with E-state index >= 15 is 0 Å². The quantitative estimate of drug-likeness (QED) is 0.542. The van der Waals surface area contributed by atoms with Crippen LogP contribution in [0.2, 0.25) is 0 Å². The van der Waals surface area contributed by atoms with E-state index in [0.29, 0.717) is 29.6 Å². The summed E-state index contributed by atoms with van der Waals surface area (Å²) >= 11 is 1.18. The fourth-order valence-corrected chi connectivity index (χ4v) is 4.96. The second-order valence-corrected chi connectivity index (χ2v) is 9.21. The normalized spacial score (nSPS) is 11.9. The van der Waals surface area contributed by atoms with Gasteiger partial charge in [0.05, 0.1) is 10.6 Å². The minimum Gasteiger partial charge on any atom is -0.431 e. The van der Waals surface area contributed by atoms with E-state index in [2.05, 4.69) is 10.3 Å². The Morgan fingerprint density at radius 3 is 2.59 bits per heavy atom. The van der Waals surface area contributed by atoms with Crippen molar-refractivity contribution < 1.29 is 17.6 Å². The number of thioether (sulfide) groups is 1. The van der Waals surface area contributed by atoms with E-state index in [1.54, 1.807) is 26.0 Å². The molecule has 0 aliphatic rings. The summed E-state index contributed by atoms with van der Waals surface area (Å²) in [5, 5.41) is 3.20. The van der Waals surface area contributed by atoms with Crippen molar-refractivity contribution in [2.24, 2.45) is 0 Å². The van der Waals surface area contributed by atoms with Crippen LogP contribution in [-0.4, -0.2) is 42.5 Å². The highest BCUT2D eigenvalue weighted by Crippen LogP contribution is 2.25. The number of fused-ring (bicyclic) bond motifs is 1. The van der Waals surface area contributed by atoms with E-state index < -0.39 is 10.0 Å². The van der Waals surface area contributed by atoms with Crippen molar-refractivity contribution in [3.63, 3.8) is 0 Å². The van der Waals surface area contributed by atoms with Gasteiger partial charge in [0, 0.05) is 18.8 Å². The standard InChI is InChI=1S/C20H23N3O4S2/c1-4-23(5-2)29(25,26)15-11-10-14(3)17(12-15)21-19(24)13-28-20-22-16-8-6-7-9-18(16)27-20/h6-12H,4-5,13H2,1-3H3,(H,21,24). The molecule has 0 saturated heterocycles. The van der Waals surface area contributed by atoms with Gasteiger partial charge in [-0.15, -0.1) is 0 Å². The van der Waals surface area contributed by atoms with Crippen molar-refractivity contribution in [2.45, 2.75) is 30.9 Å². The van der Waals surface area contributed by atoms with E-state index in [1.165, 1.54) is 22.1 Å². The van der Waals surface area contributed by atoms with Crippen molar-refractivity contribution in [1.29, 1.82) is 0 Å². The average Bonchev–Trinajstić information content (AvgIpc) is 3.12. The fourth-order valence-electron chi connectivity index (χ4n) is 2.84. The first-order valence-electron chi connectivity index (χ1n) is 9.24. The molecule has 0 spiro atoms. The molecule has 0 aliphatic carbocycles. The van der Waals surface area contributed by atoms with Gasteiger partial charge < -0.3 is 9.73 Å². The monoisotopic (exact) mass is 433 g/mol. The summed E-state index contributed by atoms with van der Waals surface area (Å²) < 4.78 is 32.4. The summed E-state index contributed by atoms with van der Waals surface area (Å²) in [5.41, 5.74) is 2.66. The maximum atomic E-state index is 12.7. The van der Waals surface area contributed by atoms with Crippen LogP contribution in [0.3, 0.4) is 0 Å². The van der Waals surface area contributed by atoms with Gasteiger partial charge in [0.25, 0.3) is 5.22 Å². The molecule has 1 amide bonds. The Balaban J connectivity index is 1.71. The average molecular weight is 434 g/mol. The lowest BCUT2D eigenvalue weighted by molar-refractivity contribution is -0.113. The van der Waals surface area contributed by atoms with Gasteiger partial charge in [0.2, 0.25) is 15.9 Å². The van der Waals surface area contributed by atoms with E-state index in [0.717, 1.165) is 11.1 Å². The van der Waals surface area contributed by atoms with E-state index in [4.69, 9.17) is 4.42 Å². The third-order valence-electron chi connectivity index (χ3n) is 4.43. The molecule has 0 atom stereocenters. The molecule has 0 bridgehead atoms. The third-order valence-corrected chi connectivity index (χ3v) is 7.30. The zero-order chi connectivity index (χ0) is 21.0. The minimum absolute atomic E-state index is 0.0965. The molecular formula is C20H23N3O4S2. The molecule has 154 valence electrons. The van der Waals surface area contributed by atoms with Crippen molar-refractivity contribution in [1.82, 2.24) is 9.29 Å². The molecule has 3 rings (SSSR count). The topological polar surface area (TPSA) is 92.5 Å². The number of hydrogen-bond donors (Lipinski definition) is 1. The van der Waals surface area contributed by atoms with Gasteiger partial charge in [-0.2, -0.15) is 4.31 Å². The van der Waals surface area contributed by atoms with Crippen LogP contribution in [0.5, 0.6) is 0 Å². The second-order valence-electron chi connectivity index (χ2n) is 6.35. The van der Waals surface area contributed by atoms with Crippen LogP contribution in [0.15, 0.2) is 57.0 Å². The predicted octanol–water partition coefficient (Wildman–Crippen LogP) is 3.90. The van der Waals surface area contributed by atoms with Crippen LogP contribution in [0, 0.1) is 6.92 Å². The molecule has 1 heterocycles. The zero-order valence-electron chi connectivity index (χ0n) is 16.5. The van der Waals surface area contributed by atoms with Gasteiger partial charge in [-0.25, -0.2) is 13.4 Å². The molecule has 0 saturated carbocycles. The molecule has 0 aliphatic heterocycles. The molecule has 0 radical (unpaired) electrons. The summed E-state index contributed by atoms with van der Waals surface area (Å²) in [7, 11) is -3.59. The molecule has 3 aromatic rings. The van der Waals surface area contributed by atoms with Crippen molar-refractivity contribution in [3.8, 4) is 0 Å². The van der Waals surface area contributed by atoms with Gasteiger partial charge in [-0.3, -0.25) is 4.79 Å². The number of rotatable bonds is 8. The smallest absolute Gasteiger partial charge is 0.257 e. The maximum absolute atomic E-state index is 12.7. The molecule has 29 heavy (non-hydrogen) atoms. The number of para-hydroxylation sites is 2. The molecule has 7 nitrogen and oxygen atoms in total. The van der Waals surface area contributed by atoms with Gasteiger partial charge in [-0.05, 0) is 36.8 Å². The van der Waals surface area contributed by atoms with Crippen molar-refractivity contribution >= 4 is 44.5 Å². The summed E-state index contributed by atoms with van der Waals surface area (Å²) in [6, 6.07) is 12.1. The number of carbonyl (C=O) groups is 1. The number of carbonyl (C=O) groups excluding carboxylic acids is 1. The lowest BCUT2D eigenvalue weighted by Gasteiger charge is -2.19. The number of oxazole rings is 1. The summed E-state index contributed by atoms with van der Waals surface area (Å²) in [5.74, 6) is -0.169. The number of hydrogen-bond acceptors (Lipinski definition) is 6. The largest absolute Gasteiger partial charge is 0.431 e. The first kappa shape index (κ1) is 21.4. The summed E-state index contributed by atoms with van der Waals surface area (Å²) in [4.78, 5) is 16.9. The number of benzene rings is 2. The Bertz CT molecular complexity index is 1090. The lowest BCUT2D eigenvalue weighted by atomic mass is 10.2. The zero-order valence-corrected chi connectivity index (χ0v) is 18.1. The van der Waals surface area contributed by atoms with E-state index in [-0.39, 0.29) is 16.6 Å². The molecule has 2 aromatic carbocycles. The first-order valence-corrected chi connectivity index (χ1v) is 11.7. The Morgan fingerprint density at radius 2 is 1.90 bits per heavy atom. The highest BCUT2D eigenvalue weighted by atomic mass is 32.2. The maximum Gasteiger partial charge on any atom is 0.257 e. The van der Waals surface area contributed by atoms with E-state index in [9.17, 15) is 13.2 Å². The van der Waals surface area contributed by atoms with Crippen LogP contribution in [0.25, 0.3) is 11.1 Å². The fraction of sp³-hybridized carbons (Fsp3) is 0.300. The number of anilines is 1. The SMILES string of the molecule is CCN(CC)S(=O)(=O)c1ccc(C)c(NC(=O)CSc2nc3ccccc3o2)c1. The Morgan fingerprint density at radius 1 is 1.17 bits per heavy atom. The van der Waals surface area contributed by atoms with Crippen LogP contribution < -0.4 is 5.32 Å². The van der Waals surface area contributed by atoms with Crippen LogP contribution in [0.4, 0.5) is 5.69 Å². The highest BCUT2D eigenvalue weighted by molar-refractivity contribution is 7.99. The molecule has 1 N–H and O–H groups in total. The molecule has 0 fully saturated rings. The highest BCUT2D eigenvalue weighted by Gasteiger charge is 2.22. The number of nitrogens with one attached hydrogen (secondary N) is 1. The Kier molecular flexibility index (Phi) is 6.61. The second kappa shape index (κ2) is 8.98. The van der Waals surface area contributed by atoms with Gasteiger partial charge in [0.1, 0.15) is 5.52 Å².